The first-order valence-corrected chi connectivity index (χ1v) is 14.7. The third kappa shape index (κ3) is 5.01. The quantitative estimate of drug-likeness (QED) is 0.243. The molecule has 0 spiro atoms. The van der Waals surface area contributed by atoms with Crippen molar-refractivity contribution in [1.29, 1.82) is 0 Å². The molecule has 1 N–H and O–H groups in total. The van der Waals surface area contributed by atoms with Crippen LogP contribution in [0.5, 0.6) is 5.75 Å². The predicted octanol–water partition coefficient (Wildman–Crippen LogP) is 5.13. The van der Waals surface area contributed by atoms with Crippen molar-refractivity contribution in [3.8, 4) is 5.75 Å². The van der Waals surface area contributed by atoms with Gasteiger partial charge in [-0.25, -0.2) is 9.79 Å². The summed E-state index contributed by atoms with van der Waals surface area (Å²) in [5, 5.41) is 9.87. The van der Waals surface area contributed by atoms with Crippen molar-refractivity contribution in [3.05, 3.63) is 119 Å². The molecule has 0 radical (unpaired) electrons. The minimum atomic E-state index is -0.717. The van der Waals surface area contributed by atoms with Crippen LogP contribution in [-0.2, 0) is 9.53 Å². The highest BCUT2D eigenvalue weighted by Gasteiger charge is 2.35. The van der Waals surface area contributed by atoms with Crippen molar-refractivity contribution in [1.82, 2.24) is 4.57 Å². The zero-order valence-corrected chi connectivity index (χ0v) is 23.8. The number of hydrogen-bond acceptors (Lipinski definition) is 7. The SMILES string of the molecule is CCOC(=O)C1=C(c2ccccc2)N=c2s/c(=C\c3ccc(O)c(Br)c3)c(=O)n2[C@@H]1c1ccc(SC)cc1. The van der Waals surface area contributed by atoms with E-state index in [9.17, 15) is 14.7 Å². The molecule has 1 aliphatic heterocycles. The predicted molar refractivity (Wildman–Crippen MR) is 155 cm³/mol. The summed E-state index contributed by atoms with van der Waals surface area (Å²) in [6, 6.07) is 21.6. The Labute approximate surface area is 235 Å². The number of thiazole rings is 1. The Morgan fingerprint density at radius 3 is 2.55 bits per heavy atom. The Hall–Kier alpha value is -3.40. The second-order valence-electron chi connectivity index (χ2n) is 8.42. The van der Waals surface area contributed by atoms with Gasteiger partial charge in [-0.15, -0.1) is 11.8 Å². The largest absolute Gasteiger partial charge is 0.507 e. The van der Waals surface area contributed by atoms with Crippen molar-refractivity contribution >= 4 is 56.8 Å². The number of nitrogens with zero attached hydrogens (tertiary/aromatic N) is 2. The summed E-state index contributed by atoms with van der Waals surface area (Å²) in [6.45, 7) is 1.95. The fourth-order valence-electron chi connectivity index (χ4n) is 4.31. The first-order valence-electron chi connectivity index (χ1n) is 11.8. The zero-order chi connectivity index (χ0) is 26.8. The van der Waals surface area contributed by atoms with E-state index in [0.29, 0.717) is 25.1 Å². The van der Waals surface area contributed by atoms with E-state index in [4.69, 9.17) is 9.73 Å². The fraction of sp³-hybridized carbons (Fsp3) is 0.138. The highest BCUT2D eigenvalue weighted by Crippen LogP contribution is 2.35. The smallest absolute Gasteiger partial charge is 0.338 e. The number of phenolic OH excluding ortho intramolecular Hbond substituents is 1. The summed E-state index contributed by atoms with van der Waals surface area (Å²) in [5.41, 5.74) is 2.85. The molecule has 0 amide bonds. The lowest BCUT2D eigenvalue weighted by Crippen LogP contribution is -2.40. The van der Waals surface area contributed by atoms with Crippen molar-refractivity contribution in [2.45, 2.75) is 17.9 Å². The van der Waals surface area contributed by atoms with Gasteiger partial charge < -0.3 is 9.84 Å². The van der Waals surface area contributed by atoms with Crippen LogP contribution in [0.25, 0.3) is 11.8 Å². The van der Waals surface area contributed by atoms with E-state index >= 15 is 0 Å². The van der Waals surface area contributed by atoms with E-state index < -0.39 is 12.0 Å². The van der Waals surface area contributed by atoms with Gasteiger partial charge in [0, 0.05) is 10.5 Å². The number of carbonyl (C=O) groups is 1. The Bertz CT molecular complexity index is 1730. The minimum absolute atomic E-state index is 0.115. The summed E-state index contributed by atoms with van der Waals surface area (Å²) >= 11 is 6.21. The number of carbonyl (C=O) groups excluding carboxylic acids is 1. The van der Waals surface area contributed by atoms with Gasteiger partial charge in [-0.2, -0.15) is 0 Å². The third-order valence-corrected chi connectivity index (χ3v) is 8.44. The van der Waals surface area contributed by atoms with Gasteiger partial charge in [0.15, 0.2) is 4.80 Å². The molecule has 5 rings (SSSR count). The summed E-state index contributed by atoms with van der Waals surface area (Å²) in [5.74, 6) is -0.394. The van der Waals surface area contributed by atoms with E-state index in [2.05, 4.69) is 15.9 Å². The molecule has 3 aromatic carbocycles. The van der Waals surface area contributed by atoms with E-state index in [0.717, 1.165) is 21.6 Å². The summed E-state index contributed by atoms with van der Waals surface area (Å²) < 4.78 is 8.08. The molecule has 0 aliphatic carbocycles. The highest BCUT2D eigenvalue weighted by atomic mass is 79.9. The number of hydrogen-bond donors (Lipinski definition) is 1. The van der Waals surface area contributed by atoms with Gasteiger partial charge in [-0.3, -0.25) is 9.36 Å². The molecule has 0 bridgehead atoms. The number of aromatic hydroxyl groups is 1. The van der Waals surface area contributed by atoms with Crippen LogP contribution in [0.3, 0.4) is 0 Å². The molecule has 192 valence electrons. The average Bonchev–Trinajstić information content (AvgIpc) is 3.24. The lowest BCUT2D eigenvalue weighted by molar-refractivity contribution is -0.138. The van der Waals surface area contributed by atoms with Gasteiger partial charge in [0.2, 0.25) is 0 Å². The molecular weight excluding hydrogens is 584 g/mol. The van der Waals surface area contributed by atoms with Gasteiger partial charge in [0.1, 0.15) is 5.75 Å². The monoisotopic (exact) mass is 606 g/mol. The second-order valence-corrected chi connectivity index (χ2v) is 11.2. The number of fused-ring (bicyclic) bond motifs is 1. The number of thioether (sulfide) groups is 1. The molecule has 1 aromatic heterocycles. The topological polar surface area (TPSA) is 80.9 Å². The van der Waals surface area contributed by atoms with Crippen LogP contribution < -0.4 is 14.9 Å². The van der Waals surface area contributed by atoms with E-state index in [1.54, 1.807) is 47.5 Å². The molecule has 4 aromatic rings. The van der Waals surface area contributed by atoms with Crippen LogP contribution in [-0.4, -0.2) is 28.5 Å². The van der Waals surface area contributed by atoms with Crippen LogP contribution in [0.1, 0.15) is 29.7 Å². The Balaban J connectivity index is 1.81. The molecule has 38 heavy (non-hydrogen) atoms. The Kier molecular flexibility index (Phi) is 7.69. The molecule has 0 unspecified atom stereocenters. The first-order chi connectivity index (χ1) is 18.4. The maximum absolute atomic E-state index is 13.9. The molecule has 2 heterocycles. The van der Waals surface area contributed by atoms with Gasteiger partial charge in [0.05, 0.1) is 32.9 Å². The lowest BCUT2D eigenvalue weighted by Gasteiger charge is -2.26. The van der Waals surface area contributed by atoms with Crippen LogP contribution in [0, 0.1) is 0 Å². The minimum Gasteiger partial charge on any atom is -0.507 e. The average molecular weight is 608 g/mol. The molecule has 0 saturated heterocycles. The van der Waals surface area contributed by atoms with Crippen molar-refractivity contribution < 1.29 is 14.6 Å². The van der Waals surface area contributed by atoms with Gasteiger partial charge in [-0.05, 0) is 70.6 Å². The van der Waals surface area contributed by atoms with E-state index in [1.165, 1.54) is 11.3 Å². The van der Waals surface area contributed by atoms with Crippen molar-refractivity contribution in [2.24, 2.45) is 4.99 Å². The van der Waals surface area contributed by atoms with Gasteiger partial charge in [0.25, 0.3) is 5.56 Å². The normalized spacial score (nSPS) is 15.2. The molecule has 1 aliphatic rings. The Morgan fingerprint density at radius 2 is 1.89 bits per heavy atom. The van der Waals surface area contributed by atoms with Crippen LogP contribution in [0.15, 0.2) is 97.5 Å². The molecule has 0 saturated carbocycles. The van der Waals surface area contributed by atoms with Crippen molar-refractivity contribution in [2.75, 3.05) is 12.9 Å². The van der Waals surface area contributed by atoms with Crippen molar-refractivity contribution in [3.63, 3.8) is 0 Å². The van der Waals surface area contributed by atoms with Crippen LogP contribution in [0.4, 0.5) is 0 Å². The summed E-state index contributed by atoms with van der Waals surface area (Å²) in [4.78, 5) is 33.8. The molecule has 1 atom stereocenters. The summed E-state index contributed by atoms with van der Waals surface area (Å²) in [7, 11) is 0. The van der Waals surface area contributed by atoms with Gasteiger partial charge >= 0.3 is 5.97 Å². The standard InChI is InChI=1S/C29H23BrN2O4S2/c1-3-36-28(35)24-25(18-7-5-4-6-8-18)31-29-32(26(24)19-10-12-20(37-2)13-11-19)27(34)23(38-29)16-17-9-14-22(33)21(30)15-17/h4-16,26,33H,3H2,1-2H3/b23-16-/t26-/m1/s1. The van der Waals surface area contributed by atoms with Crippen LogP contribution in [0.2, 0.25) is 0 Å². The number of esters is 1. The molecule has 9 heteroatoms. The molecular formula is C29H23BrN2O4S2. The number of ether oxygens (including phenoxy) is 1. The third-order valence-electron chi connectivity index (χ3n) is 6.07. The second kappa shape index (κ2) is 11.1. The number of phenols is 1. The number of aromatic nitrogens is 1. The maximum Gasteiger partial charge on any atom is 0.338 e. The van der Waals surface area contributed by atoms with E-state index in [-0.39, 0.29) is 17.9 Å². The molecule has 6 nitrogen and oxygen atoms in total. The highest BCUT2D eigenvalue weighted by molar-refractivity contribution is 9.10. The van der Waals surface area contributed by atoms with E-state index in [1.807, 2.05) is 60.9 Å². The van der Waals surface area contributed by atoms with Gasteiger partial charge in [-0.1, -0.05) is 59.9 Å². The number of rotatable bonds is 6. The fourth-order valence-corrected chi connectivity index (χ4v) is 6.11. The maximum atomic E-state index is 13.9. The molecule has 0 fully saturated rings. The Morgan fingerprint density at radius 1 is 1.16 bits per heavy atom. The number of benzene rings is 3. The lowest BCUT2D eigenvalue weighted by atomic mass is 9.93. The summed E-state index contributed by atoms with van der Waals surface area (Å²) in [6.07, 6.45) is 3.76. The first kappa shape index (κ1) is 26.2. The van der Waals surface area contributed by atoms with Crippen LogP contribution >= 0.6 is 39.0 Å². The number of halogens is 1. The zero-order valence-electron chi connectivity index (χ0n) is 20.6.